The van der Waals surface area contributed by atoms with Crippen LogP contribution in [-0.4, -0.2) is 24.6 Å². The van der Waals surface area contributed by atoms with Crippen LogP contribution in [-0.2, 0) is 0 Å². The van der Waals surface area contributed by atoms with Gasteiger partial charge < -0.3 is 14.6 Å². The van der Waals surface area contributed by atoms with Crippen LogP contribution in [0.5, 0.6) is 17.2 Å². The normalized spacial score (nSPS) is 10.3. The molecule has 4 nitrogen and oxygen atoms in total. The van der Waals surface area contributed by atoms with Crippen LogP contribution in [0.1, 0.15) is 15.9 Å². The second-order valence-electron chi connectivity index (χ2n) is 4.65. The maximum Gasteiger partial charge on any atom is 0.189 e. The predicted octanol–water partition coefficient (Wildman–Crippen LogP) is 3.31. The molecule has 0 atom stereocenters. The topological polar surface area (TPSA) is 55.8 Å². The molecule has 2 aromatic rings. The Bertz CT molecular complexity index is 769. The highest BCUT2D eigenvalue weighted by Crippen LogP contribution is 2.24. The molecule has 2 rings (SSSR count). The molecule has 0 heterocycles. The number of phenolic OH excluding ortho intramolecular Hbond substituents is 1. The van der Waals surface area contributed by atoms with Crippen LogP contribution in [0.4, 0.5) is 0 Å². The van der Waals surface area contributed by atoms with Crippen LogP contribution < -0.4 is 9.47 Å². The molecule has 23 heavy (non-hydrogen) atoms. The Balaban J connectivity index is 2.14. The summed E-state index contributed by atoms with van der Waals surface area (Å²) in [4.78, 5) is 12.2. The Hall–Kier alpha value is -3.19. The summed E-state index contributed by atoms with van der Waals surface area (Å²) in [5.41, 5.74) is 1.02. The molecule has 116 valence electrons. The van der Waals surface area contributed by atoms with E-state index in [4.69, 9.17) is 15.9 Å². The van der Waals surface area contributed by atoms with E-state index in [1.54, 1.807) is 25.3 Å². The van der Waals surface area contributed by atoms with Crippen LogP contribution in [0, 0.1) is 12.3 Å². The number of carbonyl (C=O) groups excluding carboxylic acids is 1. The van der Waals surface area contributed by atoms with Gasteiger partial charge in [-0.15, -0.1) is 6.42 Å². The molecule has 0 spiro atoms. The predicted molar refractivity (Wildman–Crippen MR) is 88.8 cm³/mol. The van der Waals surface area contributed by atoms with Gasteiger partial charge in [0.15, 0.2) is 5.78 Å². The average Bonchev–Trinajstić information content (AvgIpc) is 2.58. The lowest BCUT2D eigenvalue weighted by Crippen LogP contribution is -1.97. The SMILES string of the molecule is C#CCOc1ccc(C(=O)/C=C/c2cccc(OC)c2)c(O)c1. The van der Waals surface area contributed by atoms with Gasteiger partial charge in [0, 0.05) is 6.07 Å². The van der Waals surface area contributed by atoms with Crippen LogP contribution in [0.3, 0.4) is 0 Å². The molecule has 2 aromatic carbocycles. The zero-order valence-corrected chi connectivity index (χ0v) is 12.7. The van der Waals surface area contributed by atoms with Crippen LogP contribution in [0.15, 0.2) is 48.5 Å². The number of carbonyl (C=O) groups is 1. The summed E-state index contributed by atoms with van der Waals surface area (Å²) >= 11 is 0. The van der Waals surface area contributed by atoms with Crippen molar-refractivity contribution >= 4 is 11.9 Å². The quantitative estimate of drug-likeness (QED) is 0.505. The van der Waals surface area contributed by atoms with Gasteiger partial charge in [-0.2, -0.15) is 0 Å². The van der Waals surface area contributed by atoms with Gasteiger partial charge in [-0.25, -0.2) is 0 Å². The first-order valence-electron chi connectivity index (χ1n) is 6.90. The van der Waals surface area contributed by atoms with Crippen molar-refractivity contribution in [2.75, 3.05) is 13.7 Å². The molecule has 0 unspecified atom stereocenters. The summed E-state index contributed by atoms with van der Waals surface area (Å²) in [5.74, 6) is 2.98. The van der Waals surface area contributed by atoms with Gasteiger partial charge in [0.2, 0.25) is 0 Å². The number of ketones is 1. The summed E-state index contributed by atoms with van der Waals surface area (Å²) in [6.07, 6.45) is 8.15. The van der Waals surface area contributed by atoms with Crippen molar-refractivity contribution in [3.8, 4) is 29.6 Å². The van der Waals surface area contributed by atoms with Gasteiger partial charge in [0.05, 0.1) is 12.7 Å². The Morgan fingerprint density at radius 3 is 2.78 bits per heavy atom. The highest BCUT2D eigenvalue weighted by Gasteiger charge is 2.09. The summed E-state index contributed by atoms with van der Waals surface area (Å²) in [6, 6.07) is 11.8. The first-order valence-corrected chi connectivity index (χ1v) is 6.90. The molecule has 0 aliphatic rings. The Morgan fingerprint density at radius 1 is 1.26 bits per heavy atom. The fourth-order valence-corrected chi connectivity index (χ4v) is 1.94. The van der Waals surface area contributed by atoms with Gasteiger partial charge in [0.1, 0.15) is 23.9 Å². The zero-order valence-electron chi connectivity index (χ0n) is 12.7. The largest absolute Gasteiger partial charge is 0.507 e. The third-order valence-corrected chi connectivity index (χ3v) is 3.08. The summed E-state index contributed by atoms with van der Waals surface area (Å²) in [5, 5.41) is 9.93. The lowest BCUT2D eigenvalue weighted by molar-refractivity contribution is 0.104. The van der Waals surface area contributed by atoms with Gasteiger partial charge >= 0.3 is 0 Å². The number of terminal acetylenes is 1. The highest BCUT2D eigenvalue weighted by molar-refractivity contribution is 6.08. The van der Waals surface area contributed by atoms with Crippen molar-refractivity contribution in [3.05, 3.63) is 59.7 Å². The van der Waals surface area contributed by atoms with Gasteiger partial charge in [-0.1, -0.05) is 24.1 Å². The lowest BCUT2D eigenvalue weighted by Gasteiger charge is -2.05. The van der Waals surface area contributed by atoms with Crippen molar-refractivity contribution in [2.24, 2.45) is 0 Å². The Labute approximate surface area is 135 Å². The van der Waals surface area contributed by atoms with E-state index in [-0.39, 0.29) is 23.7 Å². The van der Waals surface area contributed by atoms with Gasteiger partial charge in [0.25, 0.3) is 0 Å². The van der Waals surface area contributed by atoms with E-state index < -0.39 is 0 Å². The number of benzene rings is 2. The molecular weight excluding hydrogens is 292 g/mol. The van der Waals surface area contributed by atoms with Gasteiger partial charge in [-0.05, 0) is 35.9 Å². The second kappa shape index (κ2) is 7.71. The maximum atomic E-state index is 12.2. The molecule has 0 radical (unpaired) electrons. The number of aromatic hydroxyl groups is 1. The minimum atomic E-state index is -0.311. The van der Waals surface area contributed by atoms with Crippen LogP contribution in [0.2, 0.25) is 0 Å². The van der Waals surface area contributed by atoms with Gasteiger partial charge in [-0.3, -0.25) is 4.79 Å². The van der Waals surface area contributed by atoms with E-state index in [2.05, 4.69) is 5.92 Å². The number of allylic oxidation sites excluding steroid dienone is 1. The second-order valence-corrected chi connectivity index (χ2v) is 4.65. The number of rotatable bonds is 6. The molecule has 4 heteroatoms. The maximum absolute atomic E-state index is 12.2. The third kappa shape index (κ3) is 4.39. The molecule has 0 bridgehead atoms. The smallest absolute Gasteiger partial charge is 0.189 e. The molecule has 0 saturated heterocycles. The highest BCUT2D eigenvalue weighted by atomic mass is 16.5. The van der Waals surface area contributed by atoms with Crippen molar-refractivity contribution in [1.29, 1.82) is 0 Å². The van der Waals surface area contributed by atoms with Crippen molar-refractivity contribution < 1.29 is 19.4 Å². The summed E-state index contributed by atoms with van der Waals surface area (Å²) < 4.78 is 10.3. The van der Waals surface area contributed by atoms with Crippen LogP contribution >= 0.6 is 0 Å². The van der Waals surface area contributed by atoms with E-state index in [0.29, 0.717) is 11.5 Å². The first kappa shape index (κ1) is 16.2. The Morgan fingerprint density at radius 2 is 2.09 bits per heavy atom. The minimum Gasteiger partial charge on any atom is -0.507 e. The summed E-state index contributed by atoms with van der Waals surface area (Å²) in [6.45, 7) is 0.0997. The van der Waals surface area contributed by atoms with E-state index in [9.17, 15) is 9.90 Å². The number of ether oxygens (including phenoxy) is 2. The zero-order chi connectivity index (χ0) is 16.7. The number of methoxy groups -OCH3 is 1. The van der Waals surface area contributed by atoms with Crippen LogP contribution in [0.25, 0.3) is 6.08 Å². The van der Waals surface area contributed by atoms with Crippen molar-refractivity contribution in [3.63, 3.8) is 0 Å². The lowest BCUT2D eigenvalue weighted by atomic mass is 10.1. The van der Waals surface area contributed by atoms with E-state index in [1.165, 1.54) is 18.2 Å². The van der Waals surface area contributed by atoms with E-state index in [1.807, 2.05) is 18.2 Å². The average molecular weight is 308 g/mol. The fourth-order valence-electron chi connectivity index (χ4n) is 1.94. The molecule has 0 amide bonds. The standard InChI is InChI=1S/C19H16O4/c1-3-11-23-16-8-9-17(19(21)13-16)18(20)10-7-14-5-4-6-15(12-14)22-2/h1,4-10,12-13,21H,11H2,2H3/b10-7+. The molecule has 0 aliphatic heterocycles. The summed E-state index contributed by atoms with van der Waals surface area (Å²) in [7, 11) is 1.58. The molecule has 0 aromatic heterocycles. The molecule has 0 aliphatic carbocycles. The number of hydrogen-bond acceptors (Lipinski definition) is 4. The van der Waals surface area contributed by atoms with Crippen molar-refractivity contribution in [2.45, 2.75) is 0 Å². The third-order valence-electron chi connectivity index (χ3n) is 3.08. The molecule has 1 N–H and O–H groups in total. The van der Waals surface area contributed by atoms with E-state index >= 15 is 0 Å². The number of phenols is 1. The number of hydrogen-bond donors (Lipinski definition) is 1. The Kier molecular flexibility index (Phi) is 5.43. The van der Waals surface area contributed by atoms with E-state index in [0.717, 1.165) is 5.56 Å². The molecular formula is C19H16O4. The first-order chi connectivity index (χ1) is 11.1. The minimum absolute atomic E-state index is 0.0997. The molecule has 0 fully saturated rings. The molecule has 0 saturated carbocycles. The van der Waals surface area contributed by atoms with Crippen molar-refractivity contribution in [1.82, 2.24) is 0 Å². The fraction of sp³-hybridized carbons (Fsp3) is 0.105. The monoisotopic (exact) mass is 308 g/mol.